The third-order valence-electron chi connectivity index (χ3n) is 2.25. The number of aromatic amines is 1. The first-order valence-corrected chi connectivity index (χ1v) is 5.69. The van der Waals surface area contributed by atoms with Gasteiger partial charge in [0.15, 0.2) is 0 Å². The monoisotopic (exact) mass is 210 g/mol. The number of hydrogen-bond donors (Lipinski definition) is 2. The molecule has 0 aliphatic carbocycles. The molecule has 3 nitrogen and oxygen atoms in total. The molecule has 1 heterocycles. The Kier molecular flexibility index (Phi) is 6.12. The Hall–Kier alpha value is -0.800. The van der Waals surface area contributed by atoms with Crippen LogP contribution in [0.1, 0.15) is 25.8 Å². The van der Waals surface area contributed by atoms with E-state index >= 15 is 0 Å². The topological polar surface area (TPSA) is 37.0 Å². The second-order valence-corrected chi connectivity index (χ2v) is 4.19. The maximum Gasteiger partial charge on any atom is 0.0591 e. The molecule has 1 rings (SSSR count). The van der Waals surface area contributed by atoms with E-state index in [0.29, 0.717) is 0 Å². The summed E-state index contributed by atoms with van der Waals surface area (Å²) in [5, 5.41) is 3.33. The molecule has 15 heavy (non-hydrogen) atoms. The van der Waals surface area contributed by atoms with Crippen LogP contribution in [0.4, 0.5) is 0 Å². The zero-order valence-electron chi connectivity index (χ0n) is 9.75. The lowest BCUT2D eigenvalue weighted by Crippen LogP contribution is -2.19. The SMILES string of the molecule is CC(C)CCOCCNCc1cc[nH]c1. The molecule has 0 aliphatic rings. The van der Waals surface area contributed by atoms with Crippen molar-refractivity contribution in [1.29, 1.82) is 0 Å². The molecule has 0 unspecified atom stereocenters. The summed E-state index contributed by atoms with van der Waals surface area (Å²) in [6, 6.07) is 2.08. The van der Waals surface area contributed by atoms with Gasteiger partial charge in [-0.1, -0.05) is 13.8 Å². The Bertz CT molecular complexity index is 232. The summed E-state index contributed by atoms with van der Waals surface area (Å²) in [7, 11) is 0. The highest BCUT2D eigenvalue weighted by Gasteiger charge is 1.94. The number of aromatic nitrogens is 1. The van der Waals surface area contributed by atoms with E-state index in [1.807, 2.05) is 12.4 Å². The predicted octanol–water partition coefficient (Wildman–Crippen LogP) is 2.17. The Balaban J connectivity index is 1.85. The lowest BCUT2D eigenvalue weighted by Gasteiger charge is -2.06. The van der Waals surface area contributed by atoms with Gasteiger partial charge in [0.25, 0.3) is 0 Å². The average Bonchev–Trinajstić information content (AvgIpc) is 2.68. The maximum absolute atomic E-state index is 5.49. The molecule has 0 bridgehead atoms. The molecule has 0 spiro atoms. The molecule has 0 amide bonds. The van der Waals surface area contributed by atoms with E-state index in [0.717, 1.165) is 38.6 Å². The predicted molar refractivity (Wildman–Crippen MR) is 62.8 cm³/mol. The first kappa shape index (κ1) is 12.3. The van der Waals surface area contributed by atoms with E-state index in [9.17, 15) is 0 Å². The van der Waals surface area contributed by atoms with Crippen LogP contribution in [0, 0.1) is 5.92 Å². The van der Waals surface area contributed by atoms with Crippen molar-refractivity contribution < 1.29 is 4.74 Å². The van der Waals surface area contributed by atoms with Crippen molar-refractivity contribution in [3.05, 3.63) is 24.0 Å². The maximum atomic E-state index is 5.49. The molecule has 86 valence electrons. The van der Waals surface area contributed by atoms with Gasteiger partial charge < -0.3 is 15.0 Å². The minimum atomic E-state index is 0.734. The van der Waals surface area contributed by atoms with Crippen LogP contribution in [-0.4, -0.2) is 24.7 Å². The fraction of sp³-hybridized carbons (Fsp3) is 0.667. The first-order valence-electron chi connectivity index (χ1n) is 5.69. The highest BCUT2D eigenvalue weighted by Crippen LogP contribution is 1.98. The van der Waals surface area contributed by atoms with Crippen LogP contribution in [0.3, 0.4) is 0 Å². The lowest BCUT2D eigenvalue weighted by atomic mass is 10.1. The fourth-order valence-corrected chi connectivity index (χ4v) is 1.27. The standard InChI is InChI=1S/C12H22N2O/c1-11(2)4-7-15-8-6-14-10-12-3-5-13-9-12/h3,5,9,11,13-14H,4,6-8,10H2,1-2H3. The van der Waals surface area contributed by atoms with Gasteiger partial charge in [-0.3, -0.25) is 0 Å². The molecular weight excluding hydrogens is 188 g/mol. The molecule has 0 aliphatic heterocycles. The Morgan fingerprint density at radius 1 is 1.40 bits per heavy atom. The van der Waals surface area contributed by atoms with Crippen LogP contribution in [-0.2, 0) is 11.3 Å². The zero-order valence-corrected chi connectivity index (χ0v) is 9.75. The van der Waals surface area contributed by atoms with E-state index < -0.39 is 0 Å². The van der Waals surface area contributed by atoms with Crippen LogP contribution >= 0.6 is 0 Å². The summed E-state index contributed by atoms with van der Waals surface area (Å²) in [5.74, 6) is 0.734. The highest BCUT2D eigenvalue weighted by molar-refractivity contribution is 5.07. The minimum Gasteiger partial charge on any atom is -0.380 e. The first-order chi connectivity index (χ1) is 7.29. The summed E-state index contributed by atoms with van der Waals surface area (Å²) in [6.45, 7) is 7.95. The van der Waals surface area contributed by atoms with Gasteiger partial charge in [-0.05, 0) is 24.0 Å². The van der Waals surface area contributed by atoms with Gasteiger partial charge in [0, 0.05) is 32.1 Å². The smallest absolute Gasteiger partial charge is 0.0591 e. The van der Waals surface area contributed by atoms with Crippen molar-refractivity contribution >= 4 is 0 Å². The number of H-pyrrole nitrogens is 1. The molecule has 2 N–H and O–H groups in total. The third-order valence-corrected chi connectivity index (χ3v) is 2.25. The van der Waals surface area contributed by atoms with Gasteiger partial charge in [-0.2, -0.15) is 0 Å². The summed E-state index contributed by atoms with van der Waals surface area (Å²) in [4.78, 5) is 3.03. The van der Waals surface area contributed by atoms with Gasteiger partial charge in [-0.25, -0.2) is 0 Å². The fourth-order valence-electron chi connectivity index (χ4n) is 1.27. The Labute approximate surface area is 92.2 Å². The van der Waals surface area contributed by atoms with Crippen molar-refractivity contribution in [1.82, 2.24) is 10.3 Å². The summed E-state index contributed by atoms with van der Waals surface area (Å²) >= 11 is 0. The minimum absolute atomic E-state index is 0.734. The Morgan fingerprint density at radius 3 is 2.93 bits per heavy atom. The molecule has 0 saturated carbocycles. The molecule has 0 saturated heterocycles. The number of hydrogen-bond acceptors (Lipinski definition) is 2. The second-order valence-electron chi connectivity index (χ2n) is 4.19. The van der Waals surface area contributed by atoms with Crippen molar-refractivity contribution in [2.45, 2.75) is 26.8 Å². The summed E-state index contributed by atoms with van der Waals surface area (Å²) < 4.78 is 5.49. The van der Waals surface area contributed by atoms with Gasteiger partial charge >= 0.3 is 0 Å². The molecular formula is C12H22N2O. The second kappa shape index (κ2) is 7.49. The van der Waals surface area contributed by atoms with Crippen molar-refractivity contribution in [3.8, 4) is 0 Å². The zero-order chi connectivity index (χ0) is 10.9. The lowest BCUT2D eigenvalue weighted by molar-refractivity contribution is 0.125. The highest BCUT2D eigenvalue weighted by atomic mass is 16.5. The van der Waals surface area contributed by atoms with Crippen molar-refractivity contribution in [2.24, 2.45) is 5.92 Å². The van der Waals surface area contributed by atoms with Crippen molar-refractivity contribution in [2.75, 3.05) is 19.8 Å². The summed E-state index contributed by atoms with van der Waals surface area (Å²) in [6.07, 6.45) is 5.10. The van der Waals surface area contributed by atoms with E-state index in [1.54, 1.807) is 0 Å². The van der Waals surface area contributed by atoms with E-state index in [2.05, 4.69) is 30.2 Å². The number of rotatable bonds is 8. The largest absolute Gasteiger partial charge is 0.380 e. The van der Waals surface area contributed by atoms with Crippen LogP contribution in [0.25, 0.3) is 0 Å². The van der Waals surface area contributed by atoms with Crippen LogP contribution < -0.4 is 5.32 Å². The number of ether oxygens (including phenoxy) is 1. The average molecular weight is 210 g/mol. The van der Waals surface area contributed by atoms with Gasteiger partial charge in [0.05, 0.1) is 6.61 Å². The van der Waals surface area contributed by atoms with Crippen LogP contribution in [0.15, 0.2) is 18.5 Å². The molecule has 0 fully saturated rings. The van der Waals surface area contributed by atoms with Gasteiger partial charge in [0.2, 0.25) is 0 Å². The molecule has 1 aromatic rings. The van der Waals surface area contributed by atoms with Crippen molar-refractivity contribution in [3.63, 3.8) is 0 Å². The van der Waals surface area contributed by atoms with E-state index in [-0.39, 0.29) is 0 Å². The van der Waals surface area contributed by atoms with E-state index in [4.69, 9.17) is 4.74 Å². The van der Waals surface area contributed by atoms with Crippen LogP contribution in [0.2, 0.25) is 0 Å². The van der Waals surface area contributed by atoms with Gasteiger partial charge in [-0.15, -0.1) is 0 Å². The molecule has 0 radical (unpaired) electrons. The quantitative estimate of drug-likeness (QED) is 0.645. The van der Waals surface area contributed by atoms with Crippen LogP contribution in [0.5, 0.6) is 0 Å². The molecule has 1 aromatic heterocycles. The third kappa shape index (κ3) is 6.31. The molecule has 0 atom stereocenters. The normalized spacial score (nSPS) is 11.1. The van der Waals surface area contributed by atoms with E-state index in [1.165, 1.54) is 5.56 Å². The number of nitrogens with one attached hydrogen (secondary N) is 2. The molecule has 3 heteroatoms. The van der Waals surface area contributed by atoms with Gasteiger partial charge in [0.1, 0.15) is 0 Å². The summed E-state index contributed by atoms with van der Waals surface area (Å²) in [5.41, 5.74) is 1.29. The Morgan fingerprint density at radius 2 is 2.27 bits per heavy atom. The molecule has 0 aromatic carbocycles.